The maximum Gasteiger partial charge on any atom is 0.319 e. The lowest BCUT2D eigenvalue weighted by Gasteiger charge is -2.29. The summed E-state index contributed by atoms with van der Waals surface area (Å²) >= 11 is 12.3. The SMILES string of the molecule is COCC(C)n1c(-c2cnc(OC)nc2OC)nc2c1C(c1ccc(Cl)cc1)N(c1cccc(Cl)c1F)C2=O. The van der Waals surface area contributed by atoms with Gasteiger partial charge in [0, 0.05) is 18.3 Å². The number of nitrogens with zero attached hydrogens (tertiary/aromatic N) is 5. The molecule has 1 aliphatic rings. The summed E-state index contributed by atoms with van der Waals surface area (Å²) < 4.78 is 33.4. The minimum Gasteiger partial charge on any atom is -0.480 e. The van der Waals surface area contributed by atoms with Crippen molar-refractivity contribution in [3.63, 3.8) is 0 Å². The third kappa shape index (κ3) is 4.58. The molecule has 5 rings (SSSR count). The van der Waals surface area contributed by atoms with Crippen LogP contribution >= 0.6 is 23.2 Å². The number of rotatable bonds is 8. The van der Waals surface area contributed by atoms with Gasteiger partial charge >= 0.3 is 6.01 Å². The summed E-state index contributed by atoms with van der Waals surface area (Å²) in [7, 11) is 4.50. The first-order chi connectivity index (χ1) is 18.8. The van der Waals surface area contributed by atoms with Crippen molar-refractivity contribution in [3.8, 4) is 23.3 Å². The van der Waals surface area contributed by atoms with E-state index in [0.29, 0.717) is 34.3 Å². The Morgan fingerprint density at radius 1 is 1.05 bits per heavy atom. The summed E-state index contributed by atoms with van der Waals surface area (Å²) in [6, 6.07) is 10.6. The number of anilines is 1. The van der Waals surface area contributed by atoms with Crippen LogP contribution < -0.4 is 14.4 Å². The van der Waals surface area contributed by atoms with E-state index >= 15 is 4.39 Å². The van der Waals surface area contributed by atoms with Gasteiger partial charge in [0.2, 0.25) is 5.88 Å². The molecule has 2 aromatic heterocycles. The predicted octanol–water partition coefficient (Wildman–Crippen LogP) is 5.76. The normalized spacial score (nSPS) is 15.4. The van der Waals surface area contributed by atoms with Crippen molar-refractivity contribution in [2.75, 3.05) is 32.8 Å². The lowest BCUT2D eigenvalue weighted by atomic mass is 10.0. The lowest BCUT2D eigenvalue weighted by molar-refractivity contribution is 0.0988. The van der Waals surface area contributed by atoms with Gasteiger partial charge < -0.3 is 18.8 Å². The third-order valence-corrected chi connectivity index (χ3v) is 7.00. The van der Waals surface area contributed by atoms with Crippen LogP contribution in [-0.4, -0.2) is 53.4 Å². The van der Waals surface area contributed by atoms with Gasteiger partial charge in [-0.05, 0) is 36.8 Å². The Labute approximate surface area is 234 Å². The molecular formula is C27H24Cl2FN5O4. The largest absolute Gasteiger partial charge is 0.480 e. The second kappa shape index (κ2) is 10.8. The molecule has 0 N–H and O–H groups in total. The van der Waals surface area contributed by atoms with Gasteiger partial charge in [-0.3, -0.25) is 9.69 Å². The maximum absolute atomic E-state index is 15.4. The Kier molecular flexibility index (Phi) is 7.44. The number of carbonyl (C=O) groups is 1. The zero-order chi connectivity index (χ0) is 27.8. The van der Waals surface area contributed by atoms with E-state index in [4.69, 9.17) is 42.4 Å². The molecule has 1 amide bonds. The summed E-state index contributed by atoms with van der Waals surface area (Å²) in [6.07, 6.45) is 1.52. The van der Waals surface area contributed by atoms with Crippen LogP contribution in [0.15, 0.2) is 48.7 Å². The molecule has 0 saturated carbocycles. The molecule has 4 aromatic rings. The smallest absolute Gasteiger partial charge is 0.319 e. The topological polar surface area (TPSA) is 91.6 Å². The molecule has 0 radical (unpaired) electrons. The number of imidazole rings is 1. The van der Waals surface area contributed by atoms with Crippen molar-refractivity contribution in [1.82, 2.24) is 19.5 Å². The zero-order valence-corrected chi connectivity index (χ0v) is 23.0. The van der Waals surface area contributed by atoms with E-state index < -0.39 is 17.8 Å². The molecule has 39 heavy (non-hydrogen) atoms. The van der Waals surface area contributed by atoms with Crippen LogP contribution in [0.25, 0.3) is 11.4 Å². The van der Waals surface area contributed by atoms with Gasteiger partial charge in [0.15, 0.2) is 11.5 Å². The number of aromatic nitrogens is 4. The third-order valence-electron chi connectivity index (χ3n) is 6.46. The van der Waals surface area contributed by atoms with E-state index in [1.165, 1.54) is 37.4 Å². The summed E-state index contributed by atoms with van der Waals surface area (Å²) in [6.45, 7) is 2.22. The Bertz CT molecular complexity index is 1550. The highest BCUT2D eigenvalue weighted by Crippen LogP contribution is 2.46. The Hall–Kier alpha value is -3.73. The van der Waals surface area contributed by atoms with Crippen LogP contribution in [0, 0.1) is 5.82 Å². The number of halogens is 3. The molecule has 0 bridgehead atoms. The summed E-state index contributed by atoms with van der Waals surface area (Å²) in [5.74, 6) is -0.602. The van der Waals surface area contributed by atoms with Crippen molar-refractivity contribution in [1.29, 1.82) is 0 Å². The molecule has 0 aliphatic carbocycles. The van der Waals surface area contributed by atoms with E-state index in [-0.39, 0.29) is 34.3 Å². The molecule has 2 unspecified atom stereocenters. The van der Waals surface area contributed by atoms with Crippen molar-refractivity contribution in [2.24, 2.45) is 0 Å². The van der Waals surface area contributed by atoms with E-state index in [1.807, 2.05) is 11.5 Å². The minimum atomic E-state index is -0.761. The molecule has 202 valence electrons. The first kappa shape index (κ1) is 26.9. The van der Waals surface area contributed by atoms with Crippen LogP contribution in [0.5, 0.6) is 11.9 Å². The molecule has 9 nitrogen and oxygen atoms in total. The summed E-state index contributed by atoms with van der Waals surface area (Å²) in [5, 5.41) is 0.418. The van der Waals surface area contributed by atoms with Gasteiger partial charge in [-0.2, -0.15) is 4.98 Å². The van der Waals surface area contributed by atoms with E-state index in [1.54, 1.807) is 37.4 Å². The van der Waals surface area contributed by atoms with Gasteiger partial charge in [-0.15, -0.1) is 0 Å². The molecule has 3 heterocycles. The van der Waals surface area contributed by atoms with Crippen molar-refractivity contribution >= 4 is 34.8 Å². The average molecular weight is 572 g/mol. The quantitative estimate of drug-likeness (QED) is 0.265. The van der Waals surface area contributed by atoms with Crippen molar-refractivity contribution in [2.45, 2.75) is 19.0 Å². The minimum absolute atomic E-state index is 0.0308. The number of methoxy groups -OCH3 is 3. The van der Waals surface area contributed by atoms with Crippen LogP contribution in [0.1, 0.15) is 40.8 Å². The highest BCUT2D eigenvalue weighted by molar-refractivity contribution is 6.31. The lowest BCUT2D eigenvalue weighted by Crippen LogP contribution is -2.31. The number of hydrogen-bond acceptors (Lipinski definition) is 7. The molecule has 1 aliphatic heterocycles. The van der Waals surface area contributed by atoms with E-state index in [0.717, 1.165) is 0 Å². The summed E-state index contributed by atoms with van der Waals surface area (Å²) in [4.78, 5) is 28.7. The van der Waals surface area contributed by atoms with E-state index in [2.05, 4.69) is 9.97 Å². The Morgan fingerprint density at radius 3 is 2.46 bits per heavy atom. The van der Waals surface area contributed by atoms with Crippen LogP contribution in [0.2, 0.25) is 10.0 Å². The van der Waals surface area contributed by atoms with Crippen molar-refractivity contribution < 1.29 is 23.4 Å². The fourth-order valence-corrected chi connectivity index (χ4v) is 5.10. The zero-order valence-electron chi connectivity index (χ0n) is 21.5. The Morgan fingerprint density at radius 2 is 1.79 bits per heavy atom. The second-order valence-electron chi connectivity index (χ2n) is 8.83. The summed E-state index contributed by atoms with van der Waals surface area (Å²) in [5.41, 5.74) is 1.85. The number of hydrogen-bond donors (Lipinski definition) is 0. The Balaban J connectivity index is 1.81. The standard InChI is InChI=1S/C27H24Cl2FN5O4/c1-14(13-37-2)34-23-21(32-24(34)17-12-31-27(39-4)33-25(17)38-3)26(36)35(19-7-5-6-18(29)20(19)30)22(23)15-8-10-16(28)11-9-15/h5-12,14,22H,13H2,1-4H3. The van der Waals surface area contributed by atoms with Gasteiger partial charge in [0.1, 0.15) is 11.9 Å². The molecule has 2 atom stereocenters. The molecule has 0 spiro atoms. The molecule has 12 heteroatoms. The number of ether oxygens (including phenoxy) is 3. The van der Waals surface area contributed by atoms with Gasteiger partial charge in [-0.1, -0.05) is 41.4 Å². The molecule has 2 aromatic carbocycles. The van der Waals surface area contributed by atoms with Crippen molar-refractivity contribution in [3.05, 3.63) is 81.5 Å². The first-order valence-electron chi connectivity index (χ1n) is 11.9. The fourth-order valence-electron chi connectivity index (χ4n) is 4.81. The predicted molar refractivity (Wildman–Crippen MR) is 144 cm³/mol. The number of fused-ring (bicyclic) bond motifs is 1. The maximum atomic E-state index is 15.4. The van der Waals surface area contributed by atoms with Crippen LogP contribution in [0.3, 0.4) is 0 Å². The first-order valence-corrected chi connectivity index (χ1v) is 12.7. The van der Waals surface area contributed by atoms with Gasteiger partial charge in [0.05, 0.1) is 48.8 Å². The number of benzene rings is 2. The fraction of sp³-hybridized carbons (Fsp3) is 0.259. The van der Waals surface area contributed by atoms with Gasteiger partial charge in [0.25, 0.3) is 5.91 Å². The number of carbonyl (C=O) groups excluding carboxylic acids is 1. The second-order valence-corrected chi connectivity index (χ2v) is 9.67. The highest BCUT2D eigenvalue weighted by Gasteiger charge is 2.46. The van der Waals surface area contributed by atoms with E-state index in [9.17, 15) is 4.79 Å². The monoisotopic (exact) mass is 571 g/mol. The molecule has 0 saturated heterocycles. The number of amides is 1. The average Bonchev–Trinajstić information content (AvgIpc) is 3.45. The highest BCUT2D eigenvalue weighted by atomic mass is 35.5. The molecular weight excluding hydrogens is 548 g/mol. The van der Waals surface area contributed by atoms with Gasteiger partial charge in [-0.25, -0.2) is 14.4 Å². The van der Waals surface area contributed by atoms with Crippen LogP contribution in [-0.2, 0) is 4.74 Å². The van der Waals surface area contributed by atoms with Crippen LogP contribution in [0.4, 0.5) is 10.1 Å². The molecule has 0 fully saturated rings.